The minimum atomic E-state index is 0.562. The minimum absolute atomic E-state index is 0.562. The molecule has 0 saturated carbocycles. The van der Waals surface area contributed by atoms with Gasteiger partial charge in [-0.05, 0) is 25.2 Å². The Morgan fingerprint density at radius 3 is 3.06 bits per heavy atom. The van der Waals surface area contributed by atoms with E-state index in [0.29, 0.717) is 5.89 Å². The van der Waals surface area contributed by atoms with Crippen molar-refractivity contribution < 1.29 is 4.52 Å². The van der Waals surface area contributed by atoms with Crippen LogP contribution in [0.4, 0.5) is 0 Å². The van der Waals surface area contributed by atoms with Gasteiger partial charge in [-0.15, -0.1) is 0 Å². The highest BCUT2D eigenvalue weighted by Crippen LogP contribution is 2.21. The van der Waals surface area contributed by atoms with E-state index in [1.165, 1.54) is 0 Å². The van der Waals surface area contributed by atoms with Gasteiger partial charge in [-0.1, -0.05) is 27.2 Å². The van der Waals surface area contributed by atoms with Gasteiger partial charge in [0.2, 0.25) is 0 Å². The fourth-order valence-corrected chi connectivity index (χ4v) is 1.73. The summed E-state index contributed by atoms with van der Waals surface area (Å²) >= 11 is 3.41. The maximum atomic E-state index is 5.19. The normalized spacial score (nSPS) is 10.6. The van der Waals surface area contributed by atoms with Crippen molar-refractivity contribution >= 4 is 15.9 Å². The zero-order valence-electron chi connectivity index (χ0n) is 8.90. The molecule has 1 aromatic carbocycles. The second kappa shape index (κ2) is 5.23. The molecule has 1 aromatic heterocycles. The van der Waals surface area contributed by atoms with Gasteiger partial charge < -0.3 is 9.84 Å². The summed E-state index contributed by atoms with van der Waals surface area (Å²) in [6.45, 7) is 0.845. The molecular formula is C11H12BrN3O. The summed E-state index contributed by atoms with van der Waals surface area (Å²) in [5.41, 5.74) is 0.928. The summed E-state index contributed by atoms with van der Waals surface area (Å²) in [6, 6.07) is 7.80. The van der Waals surface area contributed by atoms with E-state index in [2.05, 4.69) is 31.4 Å². The molecule has 2 rings (SSSR count). The zero-order valence-corrected chi connectivity index (χ0v) is 10.5. The number of hydrogen-bond acceptors (Lipinski definition) is 4. The van der Waals surface area contributed by atoms with Crippen LogP contribution in [0.25, 0.3) is 11.5 Å². The highest BCUT2D eigenvalue weighted by molar-refractivity contribution is 9.10. The number of rotatable bonds is 4. The van der Waals surface area contributed by atoms with Crippen LogP contribution in [0.5, 0.6) is 0 Å². The SMILES string of the molecule is CNCCc1noc(-c2cccc(Br)c2)n1. The first-order valence-electron chi connectivity index (χ1n) is 5.02. The molecule has 1 heterocycles. The van der Waals surface area contributed by atoms with E-state index in [0.717, 1.165) is 28.8 Å². The molecule has 0 aliphatic carbocycles. The van der Waals surface area contributed by atoms with E-state index < -0.39 is 0 Å². The van der Waals surface area contributed by atoms with Crippen LogP contribution in [-0.4, -0.2) is 23.7 Å². The molecule has 0 amide bonds. The smallest absolute Gasteiger partial charge is 0.257 e. The molecule has 0 unspecified atom stereocenters. The summed E-state index contributed by atoms with van der Waals surface area (Å²) in [7, 11) is 1.90. The van der Waals surface area contributed by atoms with Gasteiger partial charge in [-0.3, -0.25) is 0 Å². The highest BCUT2D eigenvalue weighted by atomic mass is 79.9. The highest BCUT2D eigenvalue weighted by Gasteiger charge is 2.08. The van der Waals surface area contributed by atoms with E-state index in [9.17, 15) is 0 Å². The van der Waals surface area contributed by atoms with Gasteiger partial charge in [0.1, 0.15) is 0 Å². The Morgan fingerprint density at radius 1 is 1.44 bits per heavy atom. The van der Waals surface area contributed by atoms with Crippen LogP contribution < -0.4 is 5.32 Å². The number of hydrogen-bond donors (Lipinski definition) is 1. The van der Waals surface area contributed by atoms with Crippen LogP contribution in [0.3, 0.4) is 0 Å². The third-order valence-electron chi connectivity index (χ3n) is 2.14. The lowest BCUT2D eigenvalue weighted by Gasteiger charge is -1.94. The van der Waals surface area contributed by atoms with Crippen LogP contribution >= 0.6 is 15.9 Å². The van der Waals surface area contributed by atoms with Crippen LogP contribution in [0, 0.1) is 0 Å². The number of halogens is 1. The van der Waals surface area contributed by atoms with Crippen molar-refractivity contribution in [2.45, 2.75) is 6.42 Å². The Morgan fingerprint density at radius 2 is 2.31 bits per heavy atom. The van der Waals surface area contributed by atoms with E-state index >= 15 is 0 Å². The lowest BCUT2D eigenvalue weighted by Crippen LogP contribution is -2.10. The first-order chi connectivity index (χ1) is 7.79. The largest absolute Gasteiger partial charge is 0.334 e. The monoisotopic (exact) mass is 281 g/mol. The topological polar surface area (TPSA) is 51.0 Å². The Balaban J connectivity index is 2.18. The molecule has 0 atom stereocenters. The molecule has 0 saturated heterocycles. The van der Waals surface area contributed by atoms with Crippen molar-refractivity contribution in [3.05, 3.63) is 34.6 Å². The quantitative estimate of drug-likeness (QED) is 0.934. The van der Waals surface area contributed by atoms with Crippen LogP contribution in [0.2, 0.25) is 0 Å². The predicted octanol–water partition coefficient (Wildman–Crippen LogP) is 2.26. The van der Waals surface area contributed by atoms with Crippen molar-refractivity contribution in [1.29, 1.82) is 0 Å². The summed E-state index contributed by atoms with van der Waals surface area (Å²) in [5, 5.41) is 6.96. The fourth-order valence-electron chi connectivity index (χ4n) is 1.33. The van der Waals surface area contributed by atoms with Crippen molar-refractivity contribution in [1.82, 2.24) is 15.5 Å². The molecular weight excluding hydrogens is 270 g/mol. The molecule has 0 fully saturated rings. The fraction of sp³-hybridized carbons (Fsp3) is 0.273. The second-order valence-corrected chi connectivity index (χ2v) is 4.30. The number of likely N-dealkylation sites (N-methyl/N-ethyl adjacent to an activating group) is 1. The first kappa shape index (κ1) is 11.3. The van der Waals surface area contributed by atoms with Crippen molar-refractivity contribution in [3.8, 4) is 11.5 Å². The molecule has 4 nitrogen and oxygen atoms in total. The second-order valence-electron chi connectivity index (χ2n) is 3.38. The van der Waals surface area contributed by atoms with Crippen LogP contribution in [-0.2, 0) is 6.42 Å². The van der Waals surface area contributed by atoms with E-state index in [-0.39, 0.29) is 0 Å². The van der Waals surface area contributed by atoms with Crippen molar-refractivity contribution in [3.63, 3.8) is 0 Å². The lowest BCUT2D eigenvalue weighted by molar-refractivity contribution is 0.422. The molecule has 0 aliphatic rings. The van der Waals surface area contributed by atoms with Crippen molar-refractivity contribution in [2.75, 3.05) is 13.6 Å². The molecule has 0 aliphatic heterocycles. The third kappa shape index (κ3) is 2.68. The number of benzene rings is 1. The molecule has 5 heteroatoms. The third-order valence-corrected chi connectivity index (χ3v) is 2.63. The average Bonchev–Trinajstić information content (AvgIpc) is 2.75. The molecule has 16 heavy (non-hydrogen) atoms. The molecule has 0 spiro atoms. The summed E-state index contributed by atoms with van der Waals surface area (Å²) in [6.07, 6.45) is 0.772. The summed E-state index contributed by atoms with van der Waals surface area (Å²) in [4.78, 5) is 4.32. The van der Waals surface area contributed by atoms with Gasteiger partial charge in [-0.25, -0.2) is 0 Å². The van der Waals surface area contributed by atoms with Crippen LogP contribution in [0.15, 0.2) is 33.3 Å². The number of aromatic nitrogens is 2. The summed E-state index contributed by atoms with van der Waals surface area (Å²) in [5.74, 6) is 1.29. The van der Waals surface area contributed by atoms with E-state index in [1.54, 1.807) is 0 Å². The Hall–Kier alpha value is -1.20. The van der Waals surface area contributed by atoms with Gasteiger partial charge in [0.15, 0.2) is 5.82 Å². The lowest BCUT2D eigenvalue weighted by atomic mass is 10.2. The Labute approximate surface area is 102 Å². The predicted molar refractivity (Wildman–Crippen MR) is 65.1 cm³/mol. The molecule has 2 aromatic rings. The van der Waals surface area contributed by atoms with Crippen LogP contribution in [0.1, 0.15) is 5.82 Å². The van der Waals surface area contributed by atoms with Gasteiger partial charge in [0, 0.05) is 23.0 Å². The molecule has 1 N–H and O–H groups in total. The Kier molecular flexibility index (Phi) is 3.69. The maximum Gasteiger partial charge on any atom is 0.257 e. The number of nitrogens with one attached hydrogen (secondary N) is 1. The number of nitrogens with zero attached hydrogens (tertiary/aromatic N) is 2. The average molecular weight is 282 g/mol. The molecule has 0 bridgehead atoms. The minimum Gasteiger partial charge on any atom is -0.334 e. The summed E-state index contributed by atoms with van der Waals surface area (Å²) < 4.78 is 6.19. The maximum absolute atomic E-state index is 5.19. The van der Waals surface area contributed by atoms with E-state index in [1.807, 2.05) is 31.3 Å². The Bertz CT molecular complexity index is 470. The van der Waals surface area contributed by atoms with Gasteiger partial charge in [-0.2, -0.15) is 4.98 Å². The molecule has 84 valence electrons. The molecule has 0 radical (unpaired) electrons. The van der Waals surface area contributed by atoms with E-state index in [4.69, 9.17) is 4.52 Å². The van der Waals surface area contributed by atoms with Crippen molar-refractivity contribution in [2.24, 2.45) is 0 Å². The zero-order chi connectivity index (χ0) is 11.4. The standard InChI is InChI=1S/C11H12BrN3O/c1-13-6-5-10-14-11(16-15-10)8-3-2-4-9(12)7-8/h2-4,7,13H,5-6H2,1H3. The van der Waals surface area contributed by atoms with Gasteiger partial charge in [0.25, 0.3) is 5.89 Å². The first-order valence-corrected chi connectivity index (χ1v) is 5.82. The van der Waals surface area contributed by atoms with Gasteiger partial charge in [0.05, 0.1) is 0 Å². The van der Waals surface area contributed by atoms with Gasteiger partial charge >= 0.3 is 0 Å².